The molecule has 2 bridgehead atoms. The predicted molar refractivity (Wildman–Crippen MR) is 86.2 cm³/mol. The lowest BCUT2D eigenvalue weighted by Crippen LogP contribution is -2.45. The number of sulfonamides is 1. The Morgan fingerprint density at radius 1 is 1.45 bits per heavy atom. The van der Waals surface area contributed by atoms with E-state index in [4.69, 9.17) is 0 Å². The second-order valence-corrected chi connectivity index (χ2v) is 9.78. The Labute approximate surface area is 135 Å². The van der Waals surface area contributed by atoms with Crippen molar-refractivity contribution in [1.82, 2.24) is 9.71 Å². The monoisotopic (exact) mass is 342 g/mol. The molecule has 0 aromatic carbocycles. The van der Waals surface area contributed by atoms with Gasteiger partial charge in [0.15, 0.2) is 0 Å². The number of hydrogen-bond donors (Lipinski definition) is 1. The van der Waals surface area contributed by atoms with E-state index in [1.54, 1.807) is 6.20 Å². The summed E-state index contributed by atoms with van der Waals surface area (Å²) in [6, 6.07) is 0. The zero-order valence-corrected chi connectivity index (χ0v) is 14.6. The van der Waals surface area contributed by atoms with Crippen molar-refractivity contribution >= 4 is 27.1 Å². The summed E-state index contributed by atoms with van der Waals surface area (Å²) in [7, 11) is -3.46. The molecule has 0 radical (unpaired) electrons. The molecule has 2 atom stereocenters. The van der Waals surface area contributed by atoms with Crippen LogP contribution in [0.5, 0.6) is 0 Å². The molecule has 2 aliphatic rings. The van der Waals surface area contributed by atoms with Gasteiger partial charge in [-0.1, -0.05) is 13.8 Å². The van der Waals surface area contributed by atoms with Crippen LogP contribution in [-0.4, -0.2) is 31.5 Å². The fraction of sp³-hybridized carbons (Fsp3) is 0.733. The maximum absolute atomic E-state index is 12.5. The second kappa shape index (κ2) is 5.39. The maximum atomic E-state index is 12.5. The highest BCUT2D eigenvalue weighted by molar-refractivity contribution is 7.89. The summed E-state index contributed by atoms with van der Waals surface area (Å²) < 4.78 is 27.5. The summed E-state index contributed by atoms with van der Waals surface area (Å²) in [4.78, 5) is 16.6. The van der Waals surface area contributed by atoms with Crippen LogP contribution < -0.4 is 4.72 Å². The molecular weight excluding hydrogens is 320 g/mol. The van der Waals surface area contributed by atoms with Crippen LogP contribution in [0.3, 0.4) is 0 Å². The van der Waals surface area contributed by atoms with E-state index in [-0.39, 0.29) is 17.0 Å². The number of thiazole rings is 1. The number of carbonyl (C=O) groups excluding carboxylic acids is 1. The van der Waals surface area contributed by atoms with E-state index < -0.39 is 15.4 Å². The van der Waals surface area contributed by atoms with Crippen molar-refractivity contribution < 1.29 is 13.2 Å². The van der Waals surface area contributed by atoms with Gasteiger partial charge in [0, 0.05) is 36.4 Å². The maximum Gasteiger partial charge on any atom is 0.212 e. The van der Waals surface area contributed by atoms with Crippen LogP contribution in [-0.2, 0) is 21.2 Å². The number of rotatable bonds is 6. The van der Waals surface area contributed by atoms with E-state index in [0.29, 0.717) is 31.7 Å². The summed E-state index contributed by atoms with van der Waals surface area (Å²) in [6.45, 7) is 4.45. The lowest BCUT2D eigenvalue weighted by molar-refractivity contribution is -0.128. The molecule has 2 saturated carbocycles. The third-order valence-corrected chi connectivity index (χ3v) is 8.08. The quantitative estimate of drug-likeness (QED) is 0.858. The molecule has 1 heterocycles. The molecule has 0 spiro atoms. The predicted octanol–water partition coefficient (Wildman–Crippen LogP) is 2.00. The van der Waals surface area contributed by atoms with Crippen molar-refractivity contribution in [3.8, 4) is 0 Å². The van der Waals surface area contributed by atoms with Crippen LogP contribution in [0.2, 0.25) is 0 Å². The number of ketones is 1. The SMILES string of the molecule is CC1(C)[C@@H]2CC[C@@]1(CS(=O)(=O)NCCc1nccs1)C(=O)C2. The topological polar surface area (TPSA) is 76.1 Å². The Balaban J connectivity index is 1.67. The third kappa shape index (κ3) is 2.53. The largest absolute Gasteiger partial charge is 0.299 e. The van der Waals surface area contributed by atoms with E-state index in [1.165, 1.54) is 11.3 Å². The number of nitrogens with zero attached hydrogens (tertiary/aromatic N) is 1. The highest BCUT2D eigenvalue weighted by atomic mass is 32.2. The van der Waals surface area contributed by atoms with Gasteiger partial charge in [0.25, 0.3) is 0 Å². The fourth-order valence-electron chi connectivity index (χ4n) is 4.17. The van der Waals surface area contributed by atoms with Crippen molar-refractivity contribution in [2.24, 2.45) is 16.7 Å². The number of fused-ring (bicyclic) bond motifs is 2. The lowest BCUT2D eigenvalue weighted by atomic mass is 9.70. The van der Waals surface area contributed by atoms with E-state index in [0.717, 1.165) is 11.4 Å². The molecule has 1 aromatic rings. The molecule has 2 aliphatic carbocycles. The third-order valence-electron chi connectivity index (χ3n) is 5.72. The molecule has 22 heavy (non-hydrogen) atoms. The van der Waals surface area contributed by atoms with Crippen molar-refractivity contribution in [2.75, 3.05) is 12.3 Å². The Hall–Kier alpha value is -0.790. The van der Waals surface area contributed by atoms with E-state index in [9.17, 15) is 13.2 Å². The molecule has 1 N–H and O–H groups in total. The van der Waals surface area contributed by atoms with Crippen LogP contribution in [0, 0.1) is 16.7 Å². The zero-order valence-electron chi connectivity index (χ0n) is 13.0. The second-order valence-electron chi connectivity index (χ2n) is 7.00. The highest BCUT2D eigenvalue weighted by Gasteiger charge is 2.65. The van der Waals surface area contributed by atoms with E-state index >= 15 is 0 Å². The molecule has 7 heteroatoms. The van der Waals surface area contributed by atoms with Crippen molar-refractivity contribution in [3.05, 3.63) is 16.6 Å². The molecule has 122 valence electrons. The van der Waals surface area contributed by atoms with Crippen LogP contribution in [0.15, 0.2) is 11.6 Å². The average Bonchev–Trinajstić information content (AvgIpc) is 3.04. The summed E-state index contributed by atoms with van der Waals surface area (Å²) >= 11 is 1.52. The minimum atomic E-state index is -3.46. The number of nitrogens with one attached hydrogen (secondary N) is 1. The van der Waals surface area contributed by atoms with E-state index in [2.05, 4.69) is 23.6 Å². The van der Waals surface area contributed by atoms with Crippen molar-refractivity contribution in [1.29, 1.82) is 0 Å². The normalized spacial score (nSPS) is 30.1. The Morgan fingerprint density at radius 2 is 2.23 bits per heavy atom. The van der Waals surface area contributed by atoms with E-state index in [1.807, 2.05) is 5.38 Å². The highest BCUT2D eigenvalue weighted by Crippen LogP contribution is 2.64. The van der Waals surface area contributed by atoms with Crippen LogP contribution in [0.25, 0.3) is 0 Å². The van der Waals surface area contributed by atoms with Gasteiger partial charge in [0.2, 0.25) is 10.0 Å². The molecule has 0 amide bonds. The van der Waals surface area contributed by atoms with Crippen LogP contribution in [0.1, 0.15) is 38.1 Å². The van der Waals surface area contributed by atoms with Gasteiger partial charge in [-0.3, -0.25) is 4.79 Å². The number of aromatic nitrogens is 1. The summed E-state index contributed by atoms with van der Waals surface area (Å²) in [5.41, 5.74) is -0.904. The minimum Gasteiger partial charge on any atom is -0.299 e. The Morgan fingerprint density at radius 3 is 2.77 bits per heavy atom. The van der Waals surface area contributed by atoms with Crippen LogP contribution >= 0.6 is 11.3 Å². The molecule has 3 rings (SSSR count). The Bertz CT molecular complexity index is 667. The Kier molecular flexibility index (Phi) is 3.94. The van der Waals surface area contributed by atoms with Crippen molar-refractivity contribution in [2.45, 2.75) is 39.5 Å². The van der Waals surface area contributed by atoms with Crippen LogP contribution in [0.4, 0.5) is 0 Å². The number of hydrogen-bond acceptors (Lipinski definition) is 5. The molecular formula is C15H22N2O3S2. The zero-order chi connectivity index (χ0) is 16.0. The summed E-state index contributed by atoms with van der Waals surface area (Å²) in [6.07, 6.45) is 4.52. The lowest BCUT2D eigenvalue weighted by Gasteiger charge is -2.36. The molecule has 2 fully saturated rings. The van der Waals surface area contributed by atoms with Gasteiger partial charge < -0.3 is 0 Å². The average molecular weight is 342 g/mol. The van der Waals surface area contributed by atoms with Gasteiger partial charge in [-0.15, -0.1) is 11.3 Å². The molecule has 0 unspecified atom stereocenters. The molecule has 5 nitrogen and oxygen atoms in total. The smallest absolute Gasteiger partial charge is 0.212 e. The first kappa shape index (κ1) is 16.1. The van der Waals surface area contributed by atoms with Gasteiger partial charge in [-0.25, -0.2) is 18.1 Å². The van der Waals surface area contributed by atoms with Crippen molar-refractivity contribution in [3.63, 3.8) is 0 Å². The van der Waals surface area contributed by atoms with Gasteiger partial charge in [-0.2, -0.15) is 0 Å². The standard InChI is InChI=1S/C15H22N2O3S2/c1-14(2)11-3-5-15(14,12(18)9-11)10-22(19,20)17-6-4-13-16-7-8-21-13/h7-8,11,17H,3-6,9-10H2,1-2H3/t11-,15-/m1/s1. The first-order valence-corrected chi connectivity index (χ1v) is 10.2. The van der Waals surface area contributed by atoms with Gasteiger partial charge in [0.05, 0.1) is 10.8 Å². The first-order chi connectivity index (χ1) is 10.3. The minimum absolute atomic E-state index is 0.0692. The summed E-state index contributed by atoms with van der Waals surface area (Å²) in [5, 5.41) is 2.79. The van der Waals surface area contributed by atoms with Gasteiger partial charge in [-0.05, 0) is 24.2 Å². The van der Waals surface area contributed by atoms with Gasteiger partial charge in [0.1, 0.15) is 5.78 Å². The van der Waals surface area contributed by atoms with Gasteiger partial charge >= 0.3 is 0 Å². The molecule has 1 aromatic heterocycles. The first-order valence-electron chi connectivity index (χ1n) is 7.66. The number of Topliss-reactive ketones (excluding diaryl/α,β-unsaturated/α-hetero) is 1. The molecule has 0 saturated heterocycles. The number of carbonyl (C=O) groups is 1. The summed E-state index contributed by atoms with van der Waals surface area (Å²) in [5.74, 6) is 0.407. The fourth-order valence-corrected chi connectivity index (χ4v) is 6.64. The molecule has 0 aliphatic heterocycles.